The first-order valence-electron chi connectivity index (χ1n) is 9.26. The van der Waals surface area contributed by atoms with Crippen LogP contribution in [0.3, 0.4) is 0 Å². The van der Waals surface area contributed by atoms with Gasteiger partial charge in [-0.3, -0.25) is 9.59 Å². The van der Waals surface area contributed by atoms with Crippen molar-refractivity contribution in [1.29, 1.82) is 0 Å². The molecule has 1 aliphatic carbocycles. The quantitative estimate of drug-likeness (QED) is 0.748. The molecule has 0 spiro atoms. The Balaban J connectivity index is 1.82. The number of allylic oxidation sites excluding steroid dienone is 1. The lowest BCUT2D eigenvalue weighted by molar-refractivity contribution is -0.129. The maximum absolute atomic E-state index is 12.2. The molecule has 0 atom stereocenters. The predicted octanol–water partition coefficient (Wildman–Crippen LogP) is 4.37. The van der Waals surface area contributed by atoms with E-state index in [0.717, 1.165) is 30.5 Å². The third-order valence-electron chi connectivity index (χ3n) is 4.80. The average molecular weight is 342 g/mol. The van der Waals surface area contributed by atoms with Gasteiger partial charge in [-0.25, -0.2) is 0 Å². The topological polar surface area (TPSA) is 49.4 Å². The fraction of sp³-hybridized carbons (Fsp3) is 0.524. The maximum atomic E-state index is 12.2. The Labute approximate surface area is 151 Å². The zero-order chi connectivity index (χ0) is 18.2. The summed E-state index contributed by atoms with van der Waals surface area (Å²) < 4.78 is 0. The van der Waals surface area contributed by atoms with Gasteiger partial charge in [-0.2, -0.15) is 0 Å². The van der Waals surface area contributed by atoms with Crippen LogP contribution in [0.1, 0.15) is 56.6 Å². The van der Waals surface area contributed by atoms with E-state index in [1.54, 1.807) is 11.8 Å². The van der Waals surface area contributed by atoms with Crippen LogP contribution >= 0.6 is 0 Å². The molecule has 0 saturated heterocycles. The van der Waals surface area contributed by atoms with E-state index >= 15 is 0 Å². The third kappa shape index (κ3) is 6.37. The number of amides is 2. The third-order valence-corrected chi connectivity index (χ3v) is 4.80. The molecule has 4 heteroatoms. The van der Waals surface area contributed by atoms with Crippen molar-refractivity contribution in [3.8, 4) is 0 Å². The molecule has 1 N–H and O–H groups in total. The Morgan fingerprint density at radius 2 is 1.96 bits per heavy atom. The molecular formula is C21H30N2O2. The summed E-state index contributed by atoms with van der Waals surface area (Å²) in [4.78, 5) is 25.9. The van der Waals surface area contributed by atoms with Gasteiger partial charge < -0.3 is 10.2 Å². The summed E-state index contributed by atoms with van der Waals surface area (Å²) in [7, 11) is 0. The number of benzene rings is 1. The summed E-state index contributed by atoms with van der Waals surface area (Å²) >= 11 is 0. The number of nitrogens with one attached hydrogen (secondary N) is 1. The molecule has 1 aromatic rings. The van der Waals surface area contributed by atoms with Crippen molar-refractivity contribution in [2.45, 2.75) is 59.3 Å². The standard InChI is InChI=1S/C21H30N2O2/c1-16-9-10-20(17(2)15-16)22-21(25)12-14-23(18(3)24)13-11-19-7-5-4-6-8-19/h7,9-10,15H,4-6,8,11-14H2,1-3H3,(H,22,25). The Morgan fingerprint density at radius 1 is 1.16 bits per heavy atom. The maximum Gasteiger partial charge on any atom is 0.226 e. The highest BCUT2D eigenvalue weighted by Gasteiger charge is 2.13. The average Bonchev–Trinajstić information content (AvgIpc) is 2.58. The second kappa shape index (κ2) is 9.40. The van der Waals surface area contributed by atoms with Gasteiger partial charge in [0.1, 0.15) is 0 Å². The molecule has 1 aliphatic rings. The van der Waals surface area contributed by atoms with Crippen molar-refractivity contribution >= 4 is 17.5 Å². The molecule has 0 radical (unpaired) electrons. The molecule has 0 unspecified atom stereocenters. The first-order valence-corrected chi connectivity index (χ1v) is 9.26. The van der Waals surface area contributed by atoms with E-state index in [9.17, 15) is 9.59 Å². The van der Waals surface area contributed by atoms with E-state index in [1.165, 1.54) is 24.0 Å². The van der Waals surface area contributed by atoms with Gasteiger partial charge in [0.2, 0.25) is 11.8 Å². The van der Waals surface area contributed by atoms with Crippen LogP contribution in [0.15, 0.2) is 29.8 Å². The Kier molecular flexibility index (Phi) is 7.23. The lowest BCUT2D eigenvalue weighted by atomic mass is 9.97. The Morgan fingerprint density at radius 3 is 2.60 bits per heavy atom. The smallest absolute Gasteiger partial charge is 0.226 e. The minimum absolute atomic E-state index is 0.0377. The van der Waals surface area contributed by atoms with Gasteiger partial charge in [0.15, 0.2) is 0 Å². The zero-order valence-electron chi connectivity index (χ0n) is 15.7. The van der Waals surface area contributed by atoms with Crippen molar-refractivity contribution in [2.24, 2.45) is 0 Å². The number of carbonyl (C=O) groups is 2. The highest BCUT2D eigenvalue weighted by atomic mass is 16.2. The van der Waals surface area contributed by atoms with Crippen molar-refractivity contribution in [1.82, 2.24) is 4.90 Å². The molecule has 0 aromatic heterocycles. The zero-order valence-corrected chi connectivity index (χ0v) is 15.7. The summed E-state index contributed by atoms with van der Waals surface area (Å²) in [5, 5.41) is 2.95. The van der Waals surface area contributed by atoms with Crippen LogP contribution in [0, 0.1) is 13.8 Å². The number of rotatable bonds is 7. The molecule has 2 amide bonds. The molecule has 1 aromatic carbocycles. The number of hydrogen-bond donors (Lipinski definition) is 1. The van der Waals surface area contributed by atoms with Gasteiger partial charge in [0.05, 0.1) is 0 Å². The highest BCUT2D eigenvalue weighted by Crippen LogP contribution is 2.20. The molecule has 0 saturated carbocycles. The summed E-state index contributed by atoms with van der Waals surface area (Å²) in [5.41, 5.74) is 4.53. The largest absolute Gasteiger partial charge is 0.342 e. The number of anilines is 1. The van der Waals surface area contributed by atoms with Gasteiger partial charge in [-0.1, -0.05) is 29.3 Å². The minimum atomic E-state index is -0.0462. The summed E-state index contributed by atoms with van der Waals surface area (Å²) in [6.07, 6.45) is 8.41. The fourth-order valence-corrected chi connectivity index (χ4v) is 3.24. The molecule has 2 rings (SSSR count). The highest BCUT2D eigenvalue weighted by molar-refractivity contribution is 5.91. The van der Waals surface area contributed by atoms with Crippen LogP contribution < -0.4 is 5.32 Å². The van der Waals surface area contributed by atoms with E-state index in [2.05, 4.69) is 17.5 Å². The predicted molar refractivity (Wildman–Crippen MR) is 103 cm³/mol. The van der Waals surface area contributed by atoms with Crippen molar-refractivity contribution in [3.63, 3.8) is 0 Å². The molecule has 0 aliphatic heterocycles. The SMILES string of the molecule is CC(=O)N(CCC(=O)Nc1ccc(C)cc1C)CCC1=CCCCC1. The first-order chi connectivity index (χ1) is 12.0. The number of hydrogen-bond acceptors (Lipinski definition) is 2. The second-order valence-corrected chi connectivity index (χ2v) is 6.98. The molecule has 0 fully saturated rings. The van der Waals surface area contributed by atoms with E-state index in [0.29, 0.717) is 19.5 Å². The summed E-state index contributed by atoms with van der Waals surface area (Å²) in [6.45, 7) is 6.78. The number of carbonyl (C=O) groups excluding carboxylic acids is 2. The van der Waals surface area contributed by atoms with Crippen LogP contribution in [0.25, 0.3) is 0 Å². The molecule has 136 valence electrons. The normalized spacial score (nSPS) is 14.0. The molecule has 0 heterocycles. The molecule has 25 heavy (non-hydrogen) atoms. The monoisotopic (exact) mass is 342 g/mol. The number of aryl methyl sites for hydroxylation is 2. The van der Waals surface area contributed by atoms with E-state index in [4.69, 9.17) is 0 Å². The molecule has 0 bridgehead atoms. The molecule has 4 nitrogen and oxygen atoms in total. The van der Waals surface area contributed by atoms with Crippen LogP contribution in [0.5, 0.6) is 0 Å². The summed E-state index contributed by atoms with van der Waals surface area (Å²) in [5.74, 6) is -0.00851. The first kappa shape index (κ1) is 19.2. The Hall–Kier alpha value is -2.10. The minimum Gasteiger partial charge on any atom is -0.342 e. The number of nitrogens with zero attached hydrogens (tertiary/aromatic N) is 1. The van der Waals surface area contributed by atoms with Gasteiger partial charge >= 0.3 is 0 Å². The lowest BCUT2D eigenvalue weighted by Crippen LogP contribution is -2.33. The van der Waals surface area contributed by atoms with Crippen LogP contribution in [-0.4, -0.2) is 29.8 Å². The van der Waals surface area contributed by atoms with Crippen LogP contribution in [0.4, 0.5) is 5.69 Å². The van der Waals surface area contributed by atoms with Crippen LogP contribution in [-0.2, 0) is 9.59 Å². The van der Waals surface area contributed by atoms with E-state index in [1.807, 2.05) is 26.0 Å². The van der Waals surface area contributed by atoms with Gasteiger partial charge in [-0.15, -0.1) is 0 Å². The van der Waals surface area contributed by atoms with Crippen LogP contribution in [0.2, 0.25) is 0 Å². The van der Waals surface area contributed by atoms with Gasteiger partial charge in [0, 0.05) is 32.1 Å². The molecular weight excluding hydrogens is 312 g/mol. The van der Waals surface area contributed by atoms with Crippen molar-refractivity contribution < 1.29 is 9.59 Å². The van der Waals surface area contributed by atoms with Crippen molar-refractivity contribution in [2.75, 3.05) is 18.4 Å². The Bertz CT molecular complexity index is 649. The summed E-state index contributed by atoms with van der Waals surface area (Å²) in [6, 6.07) is 5.97. The van der Waals surface area contributed by atoms with Gasteiger partial charge in [0.25, 0.3) is 0 Å². The second-order valence-electron chi connectivity index (χ2n) is 6.98. The van der Waals surface area contributed by atoms with Gasteiger partial charge in [-0.05, 0) is 57.6 Å². The van der Waals surface area contributed by atoms with E-state index < -0.39 is 0 Å². The lowest BCUT2D eigenvalue weighted by Gasteiger charge is -2.22. The van der Waals surface area contributed by atoms with Crippen molar-refractivity contribution in [3.05, 3.63) is 41.0 Å². The fourth-order valence-electron chi connectivity index (χ4n) is 3.24. The van der Waals surface area contributed by atoms with E-state index in [-0.39, 0.29) is 11.8 Å².